The van der Waals surface area contributed by atoms with Gasteiger partial charge in [0.25, 0.3) is 0 Å². The molecule has 1 saturated carbocycles. The molecule has 2 heterocycles. The van der Waals surface area contributed by atoms with Crippen molar-refractivity contribution in [2.24, 2.45) is 0 Å². The number of hydrogen-bond acceptors (Lipinski definition) is 5. The Morgan fingerprint density at radius 3 is 2.52 bits per heavy atom. The maximum atomic E-state index is 12.5. The minimum Gasteiger partial charge on any atom is -0.330 e. The molecular weight excluding hydrogens is 336 g/mol. The summed E-state index contributed by atoms with van der Waals surface area (Å²) in [5, 5.41) is 9.99. The Kier molecular flexibility index (Phi) is 4.48. The van der Waals surface area contributed by atoms with Gasteiger partial charge in [-0.05, 0) is 12.8 Å². The van der Waals surface area contributed by atoms with Crippen LogP contribution in [0.15, 0.2) is 30.3 Å². The van der Waals surface area contributed by atoms with Crippen LogP contribution >= 0.6 is 11.3 Å². The fourth-order valence-electron chi connectivity index (χ4n) is 3.58. The van der Waals surface area contributed by atoms with Gasteiger partial charge in [0.05, 0.1) is 6.54 Å². The summed E-state index contributed by atoms with van der Waals surface area (Å²) in [6.07, 6.45) is 4.35. The van der Waals surface area contributed by atoms with Crippen molar-refractivity contribution in [1.29, 1.82) is 0 Å². The van der Waals surface area contributed by atoms with Crippen LogP contribution in [0.5, 0.6) is 0 Å². The minimum absolute atomic E-state index is 0.254. The number of rotatable bonds is 4. The zero-order chi connectivity index (χ0) is 17.2. The predicted octanol–water partition coefficient (Wildman–Crippen LogP) is 2.32. The minimum atomic E-state index is -0.408. The molecule has 1 aliphatic heterocycles. The van der Waals surface area contributed by atoms with Gasteiger partial charge in [-0.15, -0.1) is 10.2 Å². The van der Waals surface area contributed by atoms with Gasteiger partial charge in [-0.2, -0.15) is 0 Å². The highest BCUT2D eigenvalue weighted by Gasteiger charge is 2.37. The molecule has 6 nitrogen and oxygen atoms in total. The summed E-state index contributed by atoms with van der Waals surface area (Å²) in [5.41, 5.74) is 1.01. The fourth-order valence-corrected chi connectivity index (χ4v) is 4.44. The molecule has 1 aliphatic carbocycles. The molecule has 0 unspecified atom stereocenters. The standard InChI is InChI=1S/C18H20N4O2S/c23-17-18(24)22(14-8-4-5-9-14)11-10-21(17)12-15-19-20-16(25-15)13-6-2-1-3-7-13/h1-3,6-7,14H,4-5,8-12H2. The predicted molar refractivity (Wildman–Crippen MR) is 94.7 cm³/mol. The number of piperazine rings is 1. The average Bonchev–Trinajstić information content (AvgIpc) is 3.32. The van der Waals surface area contributed by atoms with E-state index >= 15 is 0 Å². The average molecular weight is 356 g/mol. The molecule has 0 radical (unpaired) electrons. The van der Waals surface area contributed by atoms with E-state index in [9.17, 15) is 9.59 Å². The molecule has 130 valence electrons. The van der Waals surface area contributed by atoms with Gasteiger partial charge in [0, 0.05) is 24.7 Å². The fraction of sp³-hybridized carbons (Fsp3) is 0.444. The molecule has 0 atom stereocenters. The third-order valence-electron chi connectivity index (χ3n) is 4.92. The van der Waals surface area contributed by atoms with Gasteiger partial charge >= 0.3 is 11.8 Å². The van der Waals surface area contributed by atoms with Gasteiger partial charge < -0.3 is 9.80 Å². The van der Waals surface area contributed by atoms with E-state index in [0.29, 0.717) is 19.6 Å². The van der Waals surface area contributed by atoms with Crippen molar-refractivity contribution in [3.05, 3.63) is 35.3 Å². The Labute approximate surface area is 150 Å². The molecule has 2 aliphatic rings. The van der Waals surface area contributed by atoms with Crippen LogP contribution in [0.25, 0.3) is 10.6 Å². The third-order valence-corrected chi connectivity index (χ3v) is 5.88. The lowest BCUT2D eigenvalue weighted by molar-refractivity contribution is -0.158. The summed E-state index contributed by atoms with van der Waals surface area (Å²) >= 11 is 1.47. The maximum absolute atomic E-state index is 12.5. The largest absolute Gasteiger partial charge is 0.330 e. The van der Waals surface area contributed by atoms with Crippen molar-refractivity contribution in [2.75, 3.05) is 13.1 Å². The first-order valence-electron chi connectivity index (χ1n) is 8.70. The van der Waals surface area contributed by atoms with Gasteiger partial charge in [-0.25, -0.2) is 0 Å². The van der Waals surface area contributed by atoms with Crippen LogP contribution in [0.1, 0.15) is 30.7 Å². The van der Waals surface area contributed by atoms with Crippen LogP contribution < -0.4 is 0 Å². The molecule has 2 amide bonds. The van der Waals surface area contributed by atoms with Crippen LogP contribution in [0.3, 0.4) is 0 Å². The van der Waals surface area contributed by atoms with Crippen molar-refractivity contribution in [3.63, 3.8) is 0 Å². The molecule has 1 aromatic heterocycles. The van der Waals surface area contributed by atoms with Gasteiger partial charge in [0.2, 0.25) is 0 Å². The second-order valence-corrected chi connectivity index (χ2v) is 7.59. The topological polar surface area (TPSA) is 66.4 Å². The zero-order valence-corrected chi connectivity index (χ0v) is 14.7. The number of aromatic nitrogens is 2. The Balaban J connectivity index is 1.43. The molecule has 7 heteroatoms. The lowest BCUT2D eigenvalue weighted by Crippen LogP contribution is -2.56. The van der Waals surface area contributed by atoms with E-state index in [0.717, 1.165) is 41.3 Å². The highest BCUT2D eigenvalue weighted by molar-refractivity contribution is 7.14. The molecule has 25 heavy (non-hydrogen) atoms. The van der Waals surface area contributed by atoms with E-state index in [-0.39, 0.29) is 11.9 Å². The van der Waals surface area contributed by atoms with Crippen molar-refractivity contribution >= 4 is 23.2 Å². The van der Waals surface area contributed by atoms with Crippen LogP contribution in [-0.2, 0) is 16.1 Å². The molecule has 2 aromatic rings. The first kappa shape index (κ1) is 16.2. The Bertz CT molecular complexity index is 770. The highest BCUT2D eigenvalue weighted by atomic mass is 32.1. The van der Waals surface area contributed by atoms with E-state index in [1.165, 1.54) is 11.3 Å². The van der Waals surface area contributed by atoms with Crippen molar-refractivity contribution in [3.8, 4) is 10.6 Å². The van der Waals surface area contributed by atoms with Gasteiger partial charge in [0.15, 0.2) is 0 Å². The molecule has 0 N–H and O–H groups in total. The highest BCUT2D eigenvalue weighted by Crippen LogP contribution is 2.27. The summed E-state index contributed by atoms with van der Waals surface area (Å²) in [6, 6.07) is 10.1. The quantitative estimate of drug-likeness (QED) is 0.789. The first-order chi connectivity index (χ1) is 12.2. The van der Waals surface area contributed by atoms with Gasteiger partial charge in [-0.1, -0.05) is 54.5 Å². The molecule has 0 spiro atoms. The Morgan fingerprint density at radius 1 is 1.00 bits per heavy atom. The number of benzene rings is 1. The third kappa shape index (κ3) is 3.28. The Morgan fingerprint density at radius 2 is 1.76 bits per heavy atom. The number of nitrogens with zero attached hydrogens (tertiary/aromatic N) is 4. The van der Waals surface area contributed by atoms with Crippen LogP contribution in [0, 0.1) is 0 Å². The molecule has 1 aromatic carbocycles. The summed E-state index contributed by atoms with van der Waals surface area (Å²) in [7, 11) is 0. The normalized spacial score (nSPS) is 19.0. The number of carbonyl (C=O) groups excluding carboxylic acids is 2. The molecule has 2 fully saturated rings. The van der Waals surface area contributed by atoms with Crippen LogP contribution in [0.4, 0.5) is 0 Å². The number of amides is 2. The van der Waals surface area contributed by atoms with Crippen LogP contribution in [0.2, 0.25) is 0 Å². The SMILES string of the molecule is O=C1C(=O)N(C2CCCC2)CCN1Cc1nnc(-c2ccccc2)s1. The first-order valence-corrected chi connectivity index (χ1v) is 9.52. The van der Waals surface area contributed by atoms with E-state index in [2.05, 4.69) is 10.2 Å². The van der Waals surface area contributed by atoms with E-state index in [1.54, 1.807) is 9.80 Å². The van der Waals surface area contributed by atoms with Crippen molar-refractivity contribution in [2.45, 2.75) is 38.3 Å². The maximum Gasteiger partial charge on any atom is 0.312 e. The van der Waals surface area contributed by atoms with Gasteiger partial charge in [-0.3, -0.25) is 9.59 Å². The number of hydrogen-bond donors (Lipinski definition) is 0. The van der Waals surface area contributed by atoms with Crippen molar-refractivity contribution < 1.29 is 9.59 Å². The summed E-state index contributed by atoms with van der Waals surface area (Å²) in [4.78, 5) is 28.3. The summed E-state index contributed by atoms with van der Waals surface area (Å²) in [5.74, 6) is -0.763. The molecule has 4 rings (SSSR count). The lowest BCUT2D eigenvalue weighted by Gasteiger charge is -2.36. The van der Waals surface area contributed by atoms with E-state index in [1.807, 2.05) is 30.3 Å². The second kappa shape index (κ2) is 6.92. The second-order valence-electron chi connectivity index (χ2n) is 6.53. The zero-order valence-electron chi connectivity index (χ0n) is 13.9. The molecule has 0 bridgehead atoms. The van der Waals surface area contributed by atoms with Crippen LogP contribution in [-0.4, -0.2) is 50.9 Å². The number of carbonyl (C=O) groups is 2. The van der Waals surface area contributed by atoms with Crippen molar-refractivity contribution in [1.82, 2.24) is 20.0 Å². The summed E-state index contributed by atoms with van der Waals surface area (Å²) < 4.78 is 0. The van der Waals surface area contributed by atoms with E-state index < -0.39 is 5.91 Å². The van der Waals surface area contributed by atoms with E-state index in [4.69, 9.17) is 0 Å². The smallest absolute Gasteiger partial charge is 0.312 e. The Hall–Kier alpha value is -2.28. The molecule has 1 saturated heterocycles. The monoisotopic (exact) mass is 356 g/mol. The molecular formula is C18H20N4O2S. The lowest BCUT2D eigenvalue weighted by atomic mass is 10.1. The van der Waals surface area contributed by atoms with Gasteiger partial charge in [0.1, 0.15) is 10.0 Å². The summed E-state index contributed by atoms with van der Waals surface area (Å²) in [6.45, 7) is 1.55.